The summed E-state index contributed by atoms with van der Waals surface area (Å²) in [4.78, 5) is 16.2. The normalized spacial score (nSPS) is 15.6. The first-order valence-electron chi connectivity index (χ1n) is 10.5. The van der Waals surface area contributed by atoms with Crippen LogP contribution in [0.3, 0.4) is 0 Å². The van der Waals surface area contributed by atoms with Crippen LogP contribution in [0.5, 0.6) is 0 Å². The fraction of sp³-hybridized carbons (Fsp3) is 0.348. The number of amides is 1. The molecular formula is C23H26N4O4S. The van der Waals surface area contributed by atoms with Gasteiger partial charge in [-0.1, -0.05) is 29.4 Å². The summed E-state index contributed by atoms with van der Waals surface area (Å²) in [5.74, 6) is 0.795. The molecule has 0 aliphatic carbocycles. The Kier molecular flexibility index (Phi) is 6.12. The molecule has 0 spiro atoms. The van der Waals surface area contributed by atoms with Crippen LogP contribution in [0, 0.1) is 13.8 Å². The average molecular weight is 455 g/mol. The van der Waals surface area contributed by atoms with Gasteiger partial charge in [-0.05, 0) is 56.0 Å². The number of nitrogens with one attached hydrogen (secondary N) is 1. The van der Waals surface area contributed by atoms with Crippen LogP contribution in [-0.2, 0) is 14.8 Å². The first kappa shape index (κ1) is 22.2. The molecule has 9 heteroatoms. The van der Waals surface area contributed by atoms with Crippen LogP contribution in [0.2, 0.25) is 0 Å². The standard InChI is InChI=1S/C23H26N4O4S/c1-15-8-9-20(24-17(3)28)21(14-15)32(29,30)27-12-10-18(11-13-27)22-25-23(31-26-22)19-7-5-4-6-16(19)2/h4-9,14,18H,10-13H2,1-3H3,(H,24,28). The second kappa shape index (κ2) is 8.84. The number of aromatic nitrogens is 2. The van der Waals surface area contributed by atoms with Crippen molar-refractivity contribution in [3.63, 3.8) is 0 Å². The van der Waals surface area contributed by atoms with Crippen LogP contribution >= 0.6 is 0 Å². The van der Waals surface area contributed by atoms with E-state index in [0.717, 1.165) is 16.7 Å². The third-order valence-corrected chi connectivity index (χ3v) is 7.64. The number of piperidine rings is 1. The Labute approximate surface area is 187 Å². The summed E-state index contributed by atoms with van der Waals surface area (Å²) in [7, 11) is -3.76. The highest BCUT2D eigenvalue weighted by molar-refractivity contribution is 7.89. The Balaban J connectivity index is 1.50. The van der Waals surface area contributed by atoms with E-state index in [1.54, 1.807) is 18.2 Å². The molecule has 3 aromatic rings. The molecule has 1 N–H and O–H groups in total. The minimum Gasteiger partial charge on any atom is -0.334 e. The van der Waals surface area contributed by atoms with Crippen molar-refractivity contribution >= 4 is 21.6 Å². The molecule has 2 aromatic carbocycles. The Morgan fingerprint density at radius 1 is 1.12 bits per heavy atom. The zero-order valence-electron chi connectivity index (χ0n) is 18.3. The van der Waals surface area contributed by atoms with Gasteiger partial charge < -0.3 is 9.84 Å². The van der Waals surface area contributed by atoms with Crippen molar-refractivity contribution in [2.24, 2.45) is 0 Å². The first-order chi connectivity index (χ1) is 15.3. The number of carbonyl (C=O) groups excluding carboxylic acids is 1. The van der Waals surface area contributed by atoms with E-state index < -0.39 is 10.0 Å². The summed E-state index contributed by atoms with van der Waals surface area (Å²) in [5, 5.41) is 6.79. The maximum Gasteiger partial charge on any atom is 0.258 e. The Morgan fingerprint density at radius 3 is 2.53 bits per heavy atom. The third-order valence-electron chi connectivity index (χ3n) is 5.70. The second-order valence-corrected chi connectivity index (χ2v) is 10.0. The molecule has 4 rings (SSSR count). The summed E-state index contributed by atoms with van der Waals surface area (Å²) < 4.78 is 33.6. The molecule has 1 amide bonds. The quantitative estimate of drug-likeness (QED) is 0.627. The van der Waals surface area contributed by atoms with E-state index in [1.165, 1.54) is 11.2 Å². The molecule has 32 heavy (non-hydrogen) atoms. The maximum absolute atomic E-state index is 13.3. The number of anilines is 1. The SMILES string of the molecule is CC(=O)Nc1ccc(C)cc1S(=O)(=O)N1CCC(c2noc(-c3ccccc3C)n2)CC1. The number of rotatable bonds is 5. The molecule has 0 bridgehead atoms. The van der Waals surface area contributed by atoms with E-state index in [0.29, 0.717) is 43.3 Å². The number of aryl methyl sites for hydroxylation is 2. The summed E-state index contributed by atoms with van der Waals surface area (Å²) in [6, 6.07) is 12.8. The Morgan fingerprint density at radius 2 is 1.84 bits per heavy atom. The molecule has 0 atom stereocenters. The number of nitrogens with zero attached hydrogens (tertiary/aromatic N) is 3. The van der Waals surface area contributed by atoms with Crippen molar-refractivity contribution in [1.82, 2.24) is 14.4 Å². The van der Waals surface area contributed by atoms with Crippen molar-refractivity contribution in [1.29, 1.82) is 0 Å². The summed E-state index contributed by atoms with van der Waals surface area (Å²) in [5.41, 5.74) is 3.06. The van der Waals surface area contributed by atoms with E-state index >= 15 is 0 Å². The molecule has 1 aliphatic heterocycles. The van der Waals surface area contributed by atoms with Crippen LogP contribution < -0.4 is 5.32 Å². The first-order valence-corrected chi connectivity index (χ1v) is 12.0. The van der Waals surface area contributed by atoms with Gasteiger partial charge in [-0.25, -0.2) is 8.42 Å². The van der Waals surface area contributed by atoms with E-state index in [-0.39, 0.29) is 16.7 Å². The average Bonchev–Trinajstić information content (AvgIpc) is 3.25. The number of carbonyl (C=O) groups is 1. The van der Waals surface area contributed by atoms with Crippen LogP contribution in [0.25, 0.3) is 11.5 Å². The maximum atomic E-state index is 13.3. The van der Waals surface area contributed by atoms with Gasteiger partial charge in [0, 0.05) is 31.5 Å². The van der Waals surface area contributed by atoms with Crippen LogP contribution in [0.4, 0.5) is 5.69 Å². The van der Waals surface area contributed by atoms with E-state index in [2.05, 4.69) is 15.5 Å². The molecule has 2 heterocycles. The van der Waals surface area contributed by atoms with Crippen LogP contribution in [0.1, 0.15) is 42.6 Å². The van der Waals surface area contributed by atoms with Crippen molar-refractivity contribution < 1.29 is 17.7 Å². The summed E-state index contributed by atoms with van der Waals surface area (Å²) in [6.07, 6.45) is 1.18. The molecule has 0 unspecified atom stereocenters. The molecule has 1 saturated heterocycles. The fourth-order valence-electron chi connectivity index (χ4n) is 3.95. The van der Waals surface area contributed by atoms with Gasteiger partial charge in [0.1, 0.15) is 4.90 Å². The lowest BCUT2D eigenvalue weighted by molar-refractivity contribution is -0.114. The van der Waals surface area contributed by atoms with Gasteiger partial charge in [-0.3, -0.25) is 4.79 Å². The monoisotopic (exact) mass is 454 g/mol. The van der Waals surface area contributed by atoms with Gasteiger partial charge in [0.2, 0.25) is 15.9 Å². The van der Waals surface area contributed by atoms with Crippen molar-refractivity contribution in [3.05, 3.63) is 59.4 Å². The zero-order valence-corrected chi connectivity index (χ0v) is 19.1. The van der Waals surface area contributed by atoms with Crippen LogP contribution in [-0.4, -0.2) is 41.9 Å². The number of benzene rings is 2. The molecule has 168 valence electrons. The van der Waals surface area contributed by atoms with E-state index in [9.17, 15) is 13.2 Å². The molecule has 8 nitrogen and oxygen atoms in total. The highest BCUT2D eigenvalue weighted by Crippen LogP contribution is 2.33. The van der Waals surface area contributed by atoms with Gasteiger partial charge in [-0.15, -0.1) is 0 Å². The van der Waals surface area contributed by atoms with Crippen LogP contribution in [0.15, 0.2) is 51.9 Å². The molecule has 1 aliphatic rings. The lowest BCUT2D eigenvalue weighted by Crippen LogP contribution is -2.38. The Bertz CT molecular complexity index is 1240. The second-order valence-electron chi connectivity index (χ2n) is 8.13. The largest absolute Gasteiger partial charge is 0.334 e. The number of hydrogen-bond donors (Lipinski definition) is 1. The van der Waals surface area contributed by atoms with E-state index in [1.807, 2.05) is 38.1 Å². The molecule has 0 saturated carbocycles. The predicted molar refractivity (Wildman–Crippen MR) is 121 cm³/mol. The van der Waals surface area contributed by atoms with Crippen molar-refractivity contribution in [3.8, 4) is 11.5 Å². The van der Waals surface area contributed by atoms with Crippen molar-refractivity contribution in [2.45, 2.75) is 44.4 Å². The highest BCUT2D eigenvalue weighted by atomic mass is 32.2. The van der Waals surface area contributed by atoms with Gasteiger partial charge in [0.05, 0.1) is 5.69 Å². The molecule has 1 aromatic heterocycles. The minimum absolute atomic E-state index is 0.0234. The lowest BCUT2D eigenvalue weighted by Gasteiger charge is -2.30. The smallest absolute Gasteiger partial charge is 0.258 e. The predicted octanol–water partition coefficient (Wildman–Crippen LogP) is 3.88. The van der Waals surface area contributed by atoms with E-state index in [4.69, 9.17) is 4.52 Å². The zero-order chi connectivity index (χ0) is 22.9. The van der Waals surface area contributed by atoms with Gasteiger partial charge in [-0.2, -0.15) is 9.29 Å². The number of hydrogen-bond acceptors (Lipinski definition) is 6. The molecule has 1 fully saturated rings. The molecule has 0 radical (unpaired) electrons. The number of sulfonamides is 1. The minimum atomic E-state index is -3.76. The van der Waals surface area contributed by atoms with Gasteiger partial charge in [0.15, 0.2) is 5.82 Å². The highest BCUT2D eigenvalue weighted by Gasteiger charge is 2.33. The molecular weight excluding hydrogens is 428 g/mol. The summed E-state index contributed by atoms with van der Waals surface area (Å²) >= 11 is 0. The van der Waals surface area contributed by atoms with Gasteiger partial charge >= 0.3 is 0 Å². The van der Waals surface area contributed by atoms with Gasteiger partial charge in [0.25, 0.3) is 5.89 Å². The van der Waals surface area contributed by atoms with Crippen molar-refractivity contribution in [2.75, 3.05) is 18.4 Å². The lowest BCUT2D eigenvalue weighted by atomic mass is 9.97. The Hall–Kier alpha value is -3.04. The fourth-order valence-corrected chi connectivity index (χ4v) is 5.65. The summed E-state index contributed by atoms with van der Waals surface area (Å²) in [6.45, 7) is 5.86. The topological polar surface area (TPSA) is 105 Å². The third kappa shape index (κ3) is 4.44.